The second kappa shape index (κ2) is 9.74. The molecule has 0 heterocycles. The number of benzene rings is 1. The molecule has 0 saturated carbocycles. The largest absolute Gasteiger partial charge is 0.383 e. The summed E-state index contributed by atoms with van der Waals surface area (Å²) in [6.07, 6.45) is 0. The number of nitrogens with one attached hydrogen (secondary N) is 1. The first-order chi connectivity index (χ1) is 9.67. The maximum Gasteiger partial charge on any atom is 0.317 e. The molecule has 0 saturated heterocycles. The lowest BCUT2D eigenvalue weighted by Gasteiger charge is -2.22. The van der Waals surface area contributed by atoms with Gasteiger partial charge in [0.1, 0.15) is 0 Å². The molecule has 0 aliphatic heterocycles. The van der Waals surface area contributed by atoms with E-state index in [0.717, 1.165) is 10.0 Å². The van der Waals surface area contributed by atoms with E-state index in [1.54, 1.807) is 19.1 Å². The number of hydrogen-bond donors (Lipinski definition) is 1. The van der Waals surface area contributed by atoms with Crippen LogP contribution in [0.25, 0.3) is 0 Å². The minimum absolute atomic E-state index is 0.112. The molecule has 1 N–H and O–H groups in total. The Balaban J connectivity index is 2.47. The minimum atomic E-state index is -0.112. The number of hydrogen-bond acceptors (Lipinski definition) is 3. The lowest BCUT2D eigenvalue weighted by molar-refractivity contribution is 0.122. The highest BCUT2D eigenvalue weighted by molar-refractivity contribution is 9.10. The van der Waals surface area contributed by atoms with Crippen LogP contribution in [0.3, 0.4) is 0 Å². The molecule has 0 spiro atoms. The van der Waals surface area contributed by atoms with Crippen molar-refractivity contribution in [2.45, 2.75) is 6.54 Å². The van der Waals surface area contributed by atoms with Crippen molar-refractivity contribution in [3.05, 3.63) is 34.3 Å². The first-order valence-corrected chi connectivity index (χ1v) is 7.21. The number of carbonyl (C=O) groups is 1. The van der Waals surface area contributed by atoms with E-state index < -0.39 is 0 Å². The minimum Gasteiger partial charge on any atom is -0.383 e. The van der Waals surface area contributed by atoms with Gasteiger partial charge in [0.05, 0.1) is 13.2 Å². The first-order valence-electron chi connectivity index (χ1n) is 6.42. The highest BCUT2D eigenvalue weighted by atomic mass is 79.9. The number of urea groups is 1. The van der Waals surface area contributed by atoms with Gasteiger partial charge in [-0.15, -0.1) is 0 Å². The van der Waals surface area contributed by atoms with E-state index in [9.17, 15) is 4.79 Å². The lowest BCUT2D eigenvalue weighted by atomic mass is 10.2. The maximum absolute atomic E-state index is 12.1. The zero-order chi connectivity index (χ0) is 14.8. The Morgan fingerprint density at radius 3 is 2.45 bits per heavy atom. The van der Waals surface area contributed by atoms with Gasteiger partial charge in [-0.25, -0.2) is 4.79 Å². The number of halogens is 1. The molecular weight excluding hydrogens is 324 g/mol. The Morgan fingerprint density at radius 2 is 1.90 bits per heavy atom. The first kappa shape index (κ1) is 16.9. The smallest absolute Gasteiger partial charge is 0.317 e. The van der Waals surface area contributed by atoms with Crippen LogP contribution >= 0.6 is 15.9 Å². The van der Waals surface area contributed by atoms with Crippen LogP contribution in [0.1, 0.15) is 5.56 Å². The summed E-state index contributed by atoms with van der Waals surface area (Å²) in [4.78, 5) is 13.8. The predicted octanol–water partition coefficient (Wildman–Crippen LogP) is 2.25. The van der Waals surface area contributed by atoms with Gasteiger partial charge in [0, 0.05) is 38.3 Å². The van der Waals surface area contributed by atoms with E-state index in [0.29, 0.717) is 32.8 Å². The van der Waals surface area contributed by atoms with Crippen LogP contribution in [0.5, 0.6) is 0 Å². The molecule has 0 bridgehead atoms. The summed E-state index contributed by atoms with van der Waals surface area (Å²) in [6.45, 7) is 2.60. The summed E-state index contributed by atoms with van der Waals surface area (Å²) in [7, 11) is 3.24. The van der Waals surface area contributed by atoms with Gasteiger partial charge in [0.2, 0.25) is 0 Å². The van der Waals surface area contributed by atoms with Crippen LogP contribution in [0, 0.1) is 0 Å². The Morgan fingerprint density at radius 1 is 1.25 bits per heavy atom. The van der Waals surface area contributed by atoms with E-state index >= 15 is 0 Å². The van der Waals surface area contributed by atoms with Gasteiger partial charge in [0.25, 0.3) is 0 Å². The van der Waals surface area contributed by atoms with E-state index in [-0.39, 0.29) is 6.03 Å². The summed E-state index contributed by atoms with van der Waals surface area (Å²) in [5.41, 5.74) is 1.05. The summed E-state index contributed by atoms with van der Waals surface area (Å²) in [5, 5.41) is 2.90. The van der Waals surface area contributed by atoms with E-state index in [4.69, 9.17) is 9.47 Å². The van der Waals surface area contributed by atoms with Crippen LogP contribution < -0.4 is 5.32 Å². The zero-order valence-electron chi connectivity index (χ0n) is 11.9. The third-order valence-corrected chi connectivity index (χ3v) is 3.24. The van der Waals surface area contributed by atoms with Crippen LogP contribution in [-0.4, -0.2) is 51.5 Å². The Labute approximate surface area is 128 Å². The molecule has 1 rings (SSSR count). The average Bonchev–Trinajstić information content (AvgIpc) is 2.45. The van der Waals surface area contributed by atoms with Gasteiger partial charge in [-0.3, -0.25) is 0 Å². The quantitative estimate of drug-likeness (QED) is 0.786. The average molecular weight is 345 g/mol. The summed E-state index contributed by atoms with van der Waals surface area (Å²) in [5.74, 6) is 0. The molecule has 0 fully saturated rings. The molecule has 1 aromatic rings. The Kier molecular flexibility index (Phi) is 8.25. The van der Waals surface area contributed by atoms with Crippen LogP contribution in [0.4, 0.5) is 4.79 Å². The molecule has 0 atom stereocenters. The standard InChI is InChI=1S/C14H21BrN2O3/c1-19-8-6-17(7-9-20-2)14(18)16-11-12-4-3-5-13(15)10-12/h3-5,10H,6-9,11H2,1-2H3,(H,16,18). The molecule has 6 heteroatoms. The molecule has 0 aliphatic rings. The molecule has 5 nitrogen and oxygen atoms in total. The predicted molar refractivity (Wildman–Crippen MR) is 81.7 cm³/mol. The fourth-order valence-corrected chi connectivity index (χ4v) is 2.10. The van der Waals surface area contributed by atoms with Gasteiger partial charge < -0.3 is 19.7 Å². The molecule has 0 aromatic heterocycles. The van der Waals surface area contributed by atoms with Crippen molar-refractivity contribution in [1.29, 1.82) is 0 Å². The fourth-order valence-electron chi connectivity index (χ4n) is 1.65. The summed E-state index contributed by atoms with van der Waals surface area (Å²) < 4.78 is 11.0. The lowest BCUT2D eigenvalue weighted by Crippen LogP contribution is -2.43. The number of carbonyl (C=O) groups excluding carboxylic acids is 1. The molecule has 1 aromatic carbocycles. The van der Waals surface area contributed by atoms with Crippen molar-refractivity contribution in [2.75, 3.05) is 40.5 Å². The number of rotatable bonds is 8. The van der Waals surface area contributed by atoms with Gasteiger partial charge in [0.15, 0.2) is 0 Å². The zero-order valence-corrected chi connectivity index (χ0v) is 13.5. The van der Waals surface area contributed by atoms with E-state index in [2.05, 4.69) is 21.2 Å². The van der Waals surface area contributed by atoms with E-state index in [1.807, 2.05) is 24.3 Å². The van der Waals surface area contributed by atoms with Crippen molar-refractivity contribution in [3.8, 4) is 0 Å². The van der Waals surface area contributed by atoms with Gasteiger partial charge in [-0.1, -0.05) is 28.1 Å². The summed E-state index contributed by atoms with van der Waals surface area (Å²) >= 11 is 3.41. The van der Waals surface area contributed by atoms with E-state index in [1.165, 1.54) is 0 Å². The molecule has 0 radical (unpaired) electrons. The van der Waals surface area contributed by atoms with Gasteiger partial charge in [-0.05, 0) is 17.7 Å². The summed E-state index contributed by atoms with van der Waals surface area (Å²) in [6, 6.07) is 7.74. The van der Waals surface area contributed by atoms with Crippen LogP contribution in [0.15, 0.2) is 28.7 Å². The molecule has 20 heavy (non-hydrogen) atoms. The highest BCUT2D eigenvalue weighted by Crippen LogP contribution is 2.11. The Hall–Kier alpha value is -1.11. The second-order valence-corrected chi connectivity index (χ2v) is 5.18. The normalized spacial score (nSPS) is 10.3. The number of nitrogens with zero attached hydrogens (tertiary/aromatic N) is 1. The topological polar surface area (TPSA) is 50.8 Å². The highest BCUT2D eigenvalue weighted by Gasteiger charge is 2.12. The van der Waals surface area contributed by atoms with Crippen molar-refractivity contribution in [3.63, 3.8) is 0 Å². The number of ether oxygens (including phenoxy) is 2. The maximum atomic E-state index is 12.1. The van der Waals surface area contributed by atoms with Crippen LogP contribution in [0.2, 0.25) is 0 Å². The molecular formula is C14H21BrN2O3. The third kappa shape index (κ3) is 6.36. The Bertz CT molecular complexity index is 407. The van der Waals surface area contributed by atoms with Crippen molar-refractivity contribution < 1.29 is 14.3 Å². The number of amides is 2. The van der Waals surface area contributed by atoms with Gasteiger partial charge in [-0.2, -0.15) is 0 Å². The SMILES string of the molecule is COCCN(CCOC)C(=O)NCc1cccc(Br)c1. The molecule has 2 amide bonds. The van der Waals surface area contributed by atoms with Crippen molar-refractivity contribution >= 4 is 22.0 Å². The molecule has 112 valence electrons. The third-order valence-electron chi connectivity index (χ3n) is 2.75. The van der Waals surface area contributed by atoms with Crippen LogP contribution in [-0.2, 0) is 16.0 Å². The monoisotopic (exact) mass is 344 g/mol. The second-order valence-electron chi connectivity index (χ2n) is 4.26. The fraction of sp³-hybridized carbons (Fsp3) is 0.500. The molecule has 0 unspecified atom stereocenters. The molecule has 0 aliphatic carbocycles. The van der Waals surface area contributed by atoms with Crippen molar-refractivity contribution in [2.24, 2.45) is 0 Å². The number of methoxy groups -OCH3 is 2. The van der Waals surface area contributed by atoms with Crippen molar-refractivity contribution in [1.82, 2.24) is 10.2 Å². The van der Waals surface area contributed by atoms with Gasteiger partial charge >= 0.3 is 6.03 Å².